The molecule has 14 heteroatoms. The third-order valence-corrected chi connectivity index (χ3v) is 8.98. The summed E-state index contributed by atoms with van der Waals surface area (Å²) in [6, 6.07) is 3.39. The zero-order valence-electron chi connectivity index (χ0n) is 27.7. The highest BCUT2D eigenvalue weighted by molar-refractivity contribution is 5.93. The number of aryl methyl sites for hydroxylation is 1. The van der Waals surface area contributed by atoms with E-state index in [9.17, 15) is 14.0 Å². The van der Waals surface area contributed by atoms with Crippen molar-refractivity contribution in [3.05, 3.63) is 81.8 Å². The monoisotopic (exact) mass is 682 g/mol. The summed E-state index contributed by atoms with van der Waals surface area (Å²) < 4.78 is 83.5. The summed E-state index contributed by atoms with van der Waals surface area (Å²) in [6.07, 6.45) is 0.499. The highest BCUT2D eigenvalue weighted by Gasteiger charge is 2.37. The van der Waals surface area contributed by atoms with Crippen LogP contribution in [0.2, 0.25) is 0 Å². The fraction of sp³-hybridized carbons (Fsp3) is 0.400. The molecule has 0 saturated carbocycles. The second-order valence-corrected chi connectivity index (χ2v) is 13.1. The number of hydrogen-bond acceptors (Lipinski definition) is 7. The summed E-state index contributed by atoms with van der Waals surface area (Å²) in [5.41, 5.74) is -1.41. The summed E-state index contributed by atoms with van der Waals surface area (Å²) >= 11 is 0. The minimum absolute atomic E-state index is 0.0450. The van der Waals surface area contributed by atoms with Crippen LogP contribution >= 0.6 is 0 Å². The molecule has 3 aromatic heterocycles. The Hall–Kier alpha value is -4.88. The van der Waals surface area contributed by atoms with Gasteiger partial charge in [0.2, 0.25) is 5.91 Å². The molecule has 49 heavy (non-hydrogen) atoms. The lowest BCUT2D eigenvalue weighted by atomic mass is 9.99. The molecule has 2 aliphatic heterocycles. The standard InChI is InChI=1S/C35H35F5N6O3/c1-17(2)28-30-21(10-12-41-28)9-11-35(39,40)16-49-25-8-7-23(36)27(38)26(25)29-24(37)13-22-31(43-34(48)46(30)32(22)42-29)44-14-20(6)45(15-19(44)5)33(47)18(3)4/h7-8,10,12-13,17,19-20H,3,9,11,14-16H2,1-2,4-6H3/t19-,20+/m0/s1. The van der Waals surface area contributed by atoms with Gasteiger partial charge in [-0.15, -0.1) is 0 Å². The van der Waals surface area contributed by atoms with E-state index in [1.54, 1.807) is 16.7 Å². The van der Waals surface area contributed by atoms with Crippen molar-refractivity contribution in [2.24, 2.45) is 0 Å². The minimum atomic E-state index is -3.46. The molecule has 4 aromatic rings. The minimum Gasteiger partial charge on any atom is -0.486 e. The maximum atomic E-state index is 16.3. The van der Waals surface area contributed by atoms with Gasteiger partial charge in [0.25, 0.3) is 5.92 Å². The van der Waals surface area contributed by atoms with Gasteiger partial charge in [-0.05, 0) is 62.9 Å². The topological polar surface area (TPSA) is 93.5 Å². The van der Waals surface area contributed by atoms with Gasteiger partial charge in [0.05, 0.1) is 22.3 Å². The zero-order chi connectivity index (χ0) is 35.5. The van der Waals surface area contributed by atoms with E-state index in [0.29, 0.717) is 22.9 Å². The largest absolute Gasteiger partial charge is 0.486 e. The van der Waals surface area contributed by atoms with Crippen molar-refractivity contribution in [3.8, 4) is 22.7 Å². The molecule has 0 radical (unpaired) electrons. The fourth-order valence-corrected chi connectivity index (χ4v) is 6.49. The van der Waals surface area contributed by atoms with Gasteiger partial charge in [-0.3, -0.25) is 9.78 Å². The lowest BCUT2D eigenvalue weighted by molar-refractivity contribution is -0.129. The third-order valence-electron chi connectivity index (χ3n) is 8.98. The normalized spacial score (nSPS) is 19.1. The van der Waals surface area contributed by atoms with Crippen molar-refractivity contribution in [1.82, 2.24) is 24.4 Å². The fourth-order valence-electron chi connectivity index (χ4n) is 6.49. The first-order chi connectivity index (χ1) is 23.1. The molecular weight excluding hydrogens is 647 g/mol. The molecule has 1 aromatic carbocycles. The van der Waals surface area contributed by atoms with Crippen molar-refractivity contribution < 1.29 is 31.5 Å². The first kappa shape index (κ1) is 34.0. The number of amides is 1. The van der Waals surface area contributed by atoms with Gasteiger partial charge in [0.15, 0.2) is 29.7 Å². The van der Waals surface area contributed by atoms with E-state index in [2.05, 4.69) is 21.5 Å². The Bertz CT molecular complexity index is 2070. The molecule has 9 nitrogen and oxygen atoms in total. The van der Waals surface area contributed by atoms with Gasteiger partial charge in [-0.1, -0.05) is 20.4 Å². The van der Waals surface area contributed by atoms with Gasteiger partial charge < -0.3 is 14.5 Å². The van der Waals surface area contributed by atoms with Gasteiger partial charge >= 0.3 is 5.69 Å². The summed E-state index contributed by atoms with van der Waals surface area (Å²) in [5.74, 6) is -8.57. The molecular formula is C35H35F5N6O3. The number of rotatable bonds is 3. The Labute approximate surface area is 279 Å². The van der Waals surface area contributed by atoms with Crippen LogP contribution in [0.1, 0.15) is 58.2 Å². The van der Waals surface area contributed by atoms with Crippen molar-refractivity contribution in [2.45, 2.75) is 71.4 Å². The van der Waals surface area contributed by atoms with E-state index in [-0.39, 0.29) is 59.9 Å². The van der Waals surface area contributed by atoms with Crippen molar-refractivity contribution in [2.75, 3.05) is 24.6 Å². The summed E-state index contributed by atoms with van der Waals surface area (Å²) in [4.78, 5) is 43.9. The number of alkyl halides is 2. The summed E-state index contributed by atoms with van der Waals surface area (Å²) in [6.45, 7) is 11.9. The average molecular weight is 683 g/mol. The van der Waals surface area contributed by atoms with Crippen LogP contribution in [-0.4, -0.2) is 68.0 Å². The maximum Gasteiger partial charge on any atom is 0.355 e. The molecule has 1 saturated heterocycles. The van der Waals surface area contributed by atoms with Gasteiger partial charge in [0.1, 0.15) is 17.3 Å². The molecule has 0 spiro atoms. The molecule has 0 unspecified atom stereocenters. The van der Waals surface area contributed by atoms with Crippen LogP contribution in [0.15, 0.2) is 47.4 Å². The van der Waals surface area contributed by atoms with E-state index >= 15 is 17.6 Å². The Morgan fingerprint density at radius 3 is 2.49 bits per heavy atom. The zero-order valence-corrected chi connectivity index (χ0v) is 27.7. The predicted molar refractivity (Wildman–Crippen MR) is 174 cm³/mol. The van der Waals surface area contributed by atoms with Crippen molar-refractivity contribution in [1.29, 1.82) is 0 Å². The molecule has 6 rings (SSSR count). The van der Waals surface area contributed by atoms with Gasteiger partial charge in [-0.25, -0.2) is 36.3 Å². The van der Waals surface area contributed by atoms with Crippen LogP contribution in [0.5, 0.6) is 5.75 Å². The number of benzene rings is 1. The molecule has 0 N–H and O–H groups in total. The van der Waals surface area contributed by atoms with Crippen LogP contribution < -0.4 is 15.3 Å². The Morgan fingerprint density at radius 2 is 1.80 bits per heavy atom. The number of halogens is 5. The van der Waals surface area contributed by atoms with Crippen LogP contribution in [-0.2, 0) is 11.2 Å². The highest BCUT2D eigenvalue weighted by atomic mass is 19.3. The van der Waals surface area contributed by atoms with Crippen LogP contribution in [0, 0.1) is 17.5 Å². The molecule has 5 heterocycles. The number of aromatic nitrogens is 4. The molecule has 258 valence electrons. The Morgan fingerprint density at radius 1 is 1.06 bits per heavy atom. The second kappa shape index (κ2) is 12.5. The number of hydrogen-bond donors (Lipinski definition) is 0. The maximum absolute atomic E-state index is 16.3. The predicted octanol–water partition coefficient (Wildman–Crippen LogP) is 6.35. The average Bonchev–Trinajstić information content (AvgIpc) is 3.05. The third kappa shape index (κ3) is 6.01. The smallest absolute Gasteiger partial charge is 0.355 e. The van der Waals surface area contributed by atoms with Crippen molar-refractivity contribution >= 4 is 22.8 Å². The first-order valence-corrected chi connectivity index (χ1v) is 15.9. The number of carbonyl (C=O) groups is 1. The van der Waals surface area contributed by atoms with E-state index in [1.165, 1.54) is 12.3 Å². The van der Waals surface area contributed by atoms with E-state index in [0.717, 1.165) is 16.7 Å². The molecule has 2 bridgehead atoms. The molecule has 1 amide bonds. The van der Waals surface area contributed by atoms with Gasteiger partial charge in [-0.2, -0.15) is 4.98 Å². The number of ether oxygens (including phenoxy) is 1. The van der Waals surface area contributed by atoms with E-state index in [4.69, 9.17) is 4.74 Å². The second-order valence-electron chi connectivity index (χ2n) is 13.1. The Kier molecular flexibility index (Phi) is 8.70. The summed E-state index contributed by atoms with van der Waals surface area (Å²) in [7, 11) is 0. The lowest BCUT2D eigenvalue weighted by Gasteiger charge is -2.45. The molecule has 2 aliphatic rings. The van der Waals surface area contributed by atoms with Crippen LogP contribution in [0.4, 0.5) is 27.8 Å². The Balaban J connectivity index is 1.70. The number of nitrogens with zero attached hydrogens (tertiary/aromatic N) is 6. The number of pyridine rings is 2. The first-order valence-electron chi connectivity index (χ1n) is 15.9. The van der Waals surface area contributed by atoms with E-state index < -0.39 is 65.1 Å². The van der Waals surface area contributed by atoms with Crippen molar-refractivity contribution in [3.63, 3.8) is 0 Å². The number of anilines is 1. The summed E-state index contributed by atoms with van der Waals surface area (Å²) in [5, 5.41) is 0.0450. The van der Waals surface area contributed by atoms with Gasteiger partial charge in [0, 0.05) is 43.4 Å². The number of fused-ring (bicyclic) bond motifs is 5. The molecule has 1 fully saturated rings. The molecule has 2 atom stereocenters. The SMILES string of the molecule is C=C(C)C(=O)N1C[C@H](C)N(c2nc(=O)n3c4nc(c(F)cc24)-c2c(ccc(F)c2F)OCC(F)(F)CCc2ccnc(C(C)C)c2-3)C[C@H]1C. The molecule has 0 aliphatic carbocycles. The number of carbonyl (C=O) groups excluding carboxylic acids is 1. The quantitative estimate of drug-likeness (QED) is 0.184. The number of piperazine rings is 1. The van der Waals surface area contributed by atoms with E-state index in [1.807, 2.05) is 27.7 Å². The van der Waals surface area contributed by atoms with Crippen LogP contribution in [0.3, 0.4) is 0 Å². The highest BCUT2D eigenvalue weighted by Crippen LogP contribution is 2.40. The van der Waals surface area contributed by atoms with Crippen LogP contribution in [0.25, 0.3) is 28.0 Å². The lowest BCUT2D eigenvalue weighted by Crippen LogP contribution is -2.58.